The molecular weight excluding hydrogens is 576 g/mol. The fourth-order valence-electron chi connectivity index (χ4n) is 1.63. The van der Waals surface area contributed by atoms with Gasteiger partial charge in [-0.1, -0.05) is 68.3 Å². The predicted octanol–water partition coefficient (Wildman–Crippen LogP) is 5.19. The van der Waals surface area contributed by atoms with Crippen LogP contribution in [-0.4, -0.2) is 44.1 Å². The molecular formula is C20H23Br2ClN2O3S2. The normalized spacial score (nSPS) is 9.33. The molecule has 0 radical (unpaired) electrons. The Hall–Kier alpha value is -0.910. The molecule has 0 aliphatic heterocycles. The third kappa shape index (κ3) is 14.2. The Morgan fingerprint density at radius 2 is 1.70 bits per heavy atom. The van der Waals surface area contributed by atoms with Crippen molar-refractivity contribution < 1.29 is 15.3 Å². The number of aromatic nitrogens is 1. The van der Waals surface area contributed by atoms with Crippen LogP contribution in [0.3, 0.4) is 0 Å². The number of rotatable bonds is 3. The first-order chi connectivity index (χ1) is 14.2. The highest BCUT2D eigenvalue weighted by Crippen LogP contribution is 2.24. The summed E-state index contributed by atoms with van der Waals surface area (Å²) >= 11 is 18.0. The van der Waals surface area contributed by atoms with Crippen molar-refractivity contribution in [2.24, 2.45) is 5.73 Å². The van der Waals surface area contributed by atoms with E-state index in [2.05, 4.69) is 49.0 Å². The Bertz CT molecular complexity index is 854. The van der Waals surface area contributed by atoms with Crippen LogP contribution in [0.1, 0.15) is 12.5 Å². The van der Waals surface area contributed by atoms with Gasteiger partial charge in [0.1, 0.15) is 10.00 Å². The van der Waals surface area contributed by atoms with Gasteiger partial charge in [0.05, 0.1) is 5.88 Å². The summed E-state index contributed by atoms with van der Waals surface area (Å²) in [7, 11) is 0. The Morgan fingerprint density at radius 1 is 1.17 bits per heavy atom. The average Bonchev–Trinajstić information content (AvgIpc) is 3.24. The number of halogens is 3. The zero-order valence-corrected chi connectivity index (χ0v) is 21.6. The maximum absolute atomic E-state index is 7.78. The number of nitrogens with two attached hydrogens (primary N) is 1. The van der Waals surface area contributed by atoms with E-state index in [1.807, 2.05) is 48.0 Å². The molecule has 0 amide bonds. The number of aliphatic hydroxyl groups is 3. The van der Waals surface area contributed by atoms with Crippen molar-refractivity contribution >= 4 is 72.0 Å². The molecule has 0 bridgehead atoms. The first-order valence-electron chi connectivity index (χ1n) is 8.48. The van der Waals surface area contributed by atoms with Crippen molar-refractivity contribution in [2.45, 2.75) is 13.2 Å². The molecule has 0 aliphatic rings. The fourth-order valence-corrected chi connectivity index (χ4v) is 3.19. The minimum Gasteiger partial charge on any atom is -0.397 e. The number of benzene rings is 2. The maximum Gasteiger partial charge on any atom is 0.165 e. The second-order valence-corrected chi connectivity index (χ2v) is 8.65. The topological polar surface area (TPSA) is 99.6 Å². The van der Waals surface area contributed by atoms with Gasteiger partial charge in [0.15, 0.2) is 6.29 Å². The molecule has 0 saturated carbocycles. The van der Waals surface area contributed by atoms with Crippen molar-refractivity contribution in [2.75, 3.05) is 12.5 Å². The van der Waals surface area contributed by atoms with E-state index < -0.39 is 6.29 Å². The Balaban J connectivity index is 0.000000422. The average molecular weight is 599 g/mol. The third-order valence-electron chi connectivity index (χ3n) is 2.75. The summed E-state index contributed by atoms with van der Waals surface area (Å²) in [5.74, 6) is -0.111. The monoisotopic (exact) mass is 596 g/mol. The molecule has 1 heterocycles. The SMILES string of the molecule is Brc1cccc(-c2nccs2)c1.CCO.NC(=S)c1cccc(Br)c1.OC(O)CCl. The summed E-state index contributed by atoms with van der Waals surface area (Å²) in [6.45, 7) is 1.93. The van der Waals surface area contributed by atoms with Crippen LogP contribution in [0.5, 0.6) is 0 Å². The largest absolute Gasteiger partial charge is 0.397 e. The molecule has 0 fully saturated rings. The van der Waals surface area contributed by atoms with Gasteiger partial charge in [0.25, 0.3) is 0 Å². The van der Waals surface area contributed by atoms with E-state index in [-0.39, 0.29) is 12.5 Å². The lowest BCUT2D eigenvalue weighted by atomic mass is 10.2. The number of hydrogen-bond acceptors (Lipinski definition) is 6. The molecule has 0 unspecified atom stereocenters. The molecule has 1 aromatic heterocycles. The highest BCUT2D eigenvalue weighted by molar-refractivity contribution is 9.10. The molecule has 5 N–H and O–H groups in total. The number of thiazole rings is 1. The van der Waals surface area contributed by atoms with Gasteiger partial charge in [0.2, 0.25) is 0 Å². The van der Waals surface area contributed by atoms with E-state index in [9.17, 15) is 0 Å². The van der Waals surface area contributed by atoms with Crippen LogP contribution in [0, 0.1) is 0 Å². The van der Waals surface area contributed by atoms with Crippen molar-refractivity contribution in [3.05, 3.63) is 74.6 Å². The summed E-state index contributed by atoms with van der Waals surface area (Å²) in [5, 5.41) is 26.2. The number of thiocarbonyl (C=S) groups is 1. The van der Waals surface area contributed by atoms with Crippen molar-refractivity contribution in [3.63, 3.8) is 0 Å². The summed E-state index contributed by atoms with van der Waals surface area (Å²) in [6, 6.07) is 15.8. The van der Waals surface area contributed by atoms with Gasteiger partial charge in [-0.3, -0.25) is 0 Å². The molecule has 0 saturated heterocycles. The Morgan fingerprint density at radius 3 is 2.07 bits per heavy atom. The van der Waals surface area contributed by atoms with E-state index in [4.69, 9.17) is 44.9 Å². The minimum atomic E-state index is -1.35. The van der Waals surface area contributed by atoms with Gasteiger partial charge < -0.3 is 21.1 Å². The molecule has 164 valence electrons. The van der Waals surface area contributed by atoms with Gasteiger partial charge in [-0.25, -0.2) is 4.98 Å². The van der Waals surface area contributed by atoms with Crippen LogP contribution in [0.15, 0.2) is 69.1 Å². The van der Waals surface area contributed by atoms with Gasteiger partial charge >= 0.3 is 0 Å². The number of hydrogen-bond donors (Lipinski definition) is 4. The lowest BCUT2D eigenvalue weighted by molar-refractivity contribution is -0.0198. The lowest BCUT2D eigenvalue weighted by Crippen LogP contribution is -2.08. The summed E-state index contributed by atoms with van der Waals surface area (Å²) in [6.07, 6.45) is 0.470. The quantitative estimate of drug-likeness (QED) is 0.188. The zero-order chi connectivity index (χ0) is 22.9. The zero-order valence-electron chi connectivity index (χ0n) is 16.1. The maximum atomic E-state index is 7.78. The minimum absolute atomic E-state index is 0.111. The van der Waals surface area contributed by atoms with Crippen LogP contribution in [0.4, 0.5) is 0 Å². The van der Waals surface area contributed by atoms with Gasteiger partial charge in [-0.2, -0.15) is 0 Å². The van der Waals surface area contributed by atoms with E-state index in [1.165, 1.54) is 5.56 Å². The van der Waals surface area contributed by atoms with E-state index in [0.29, 0.717) is 4.99 Å². The predicted molar refractivity (Wildman–Crippen MR) is 137 cm³/mol. The Labute approximate surface area is 207 Å². The molecule has 10 heteroatoms. The number of alkyl halides is 1. The fraction of sp³-hybridized carbons (Fsp3) is 0.200. The molecule has 0 aliphatic carbocycles. The van der Waals surface area contributed by atoms with Gasteiger partial charge in [-0.15, -0.1) is 22.9 Å². The molecule has 5 nitrogen and oxygen atoms in total. The van der Waals surface area contributed by atoms with Crippen LogP contribution >= 0.6 is 67.0 Å². The molecule has 30 heavy (non-hydrogen) atoms. The van der Waals surface area contributed by atoms with Crippen LogP contribution in [0.2, 0.25) is 0 Å². The number of nitrogens with zero attached hydrogens (tertiary/aromatic N) is 1. The Kier molecular flexibility index (Phi) is 17.2. The molecule has 2 aromatic carbocycles. The van der Waals surface area contributed by atoms with E-state index in [0.717, 1.165) is 19.5 Å². The molecule has 0 atom stereocenters. The van der Waals surface area contributed by atoms with Crippen molar-refractivity contribution in [1.29, 1.82) is 0 Å². The highest BCUT2D eigenvalue weighted by Gasteiger charge is 1.99. The second-order valence-electron chi connectivity index (χ2n) is 5.17. The van der Waals surface area contributed by atoms with Crippen LogP contribution in [-0.2, 0) is 0 Å². The first kappa shape index (κ1) is 29.1. The second kappa shape index (κ2) is 17.7. The highest BCUT2D eigenvalue weighted by atomic mass is 79.9. The van der Waals surface area contributed by atoms with Crippen LogP contribution in [0.25, 0.3) is 10.6 Å². The standard InChI is InChI=1S/C9H6BrNS.C7H6BrNS.C2H5ClO2.C2H6O/c10-8-3-1-2-7(6-8)9-11-4-5-12-9;8-6-3-1-2-5(4-6)7(9)10;3-1-2(4)5;1-2-3/h1-6H;1-4H,(H2,9,10);2,4-5H,1H2;3H,2H2,1H3. The molecule has 3 rings (SSSR count). The third-order valence-corrected chi connectivity index (χ3v) is 5.07. The summed E-state index contributed by atoms with van der Waals surface area (Å²) in [5.41, 5.74) is 7.45. The smallest absolute Gasteiger partial charge is 0.165 e. The van der Waals surface area contributed by atoms with Crippen molar-refractivity contribution in [1.82, 2.24) is 4.98 Å². The number of aliphatic hydroxyl groups excluding tert-OH is 2. The summed E-state index contributed by atoms with van der Waals surface area (Å²) in [4.78, 5) is 4.66. The van der Waals surface area contributed by atoms with Gasteiger partial charge in [0, 0.05) is 38.3 Å². The lowest BCUT2D eigenvalue weighted by Gasteiger charge is -1.96. The molecule has 3 aromatic rings. The van der Waals surface area contributed by atoms with Crippen molar-refractivity contribution in [3.8, 4) is 10.6 Å². The first-order valence-corrected chi connectivity index (χ1v) is 11.9. The van der Waals surface area contributed by atoms with E-state index in [1.54, 1.807) is 18.3 Å². The van der Waals surface area contributed by atoms with Gasteiger partial charge in [-0.05, 0) is 31.2 Å². The van der Waals surface area contributed by atoms with Crippen LogP contribution < -0.4 is 5.73 Å². The van der Waals surface area contributed by atoms with E-state index >= 15 is 0 Å². The molecule has 0 spiro atoms. The summed E-state index contributed by atoms with van der Waals surface area (Å²) < 4.78 is 2.09.